The van der Waals surface area contributed by atoms with E-state index in [1.807, 2.05) is 0 Å². The highest BCUT2D eigenvalue weighted by molar-refractivity contribution is 5.76. The molecular weight excluding hydrogens is 196 g/mol. The molecule has 2 N–H and O–H groups in total. The van der Waals surface area contributed by atoms with E-state index in [1.165, 1.54) is 0 Å². The maximum absolute atomic E-state index is 11.2. The molecule has 0 aliphatic heterocycles. The average molecular weight is 212 g/mol. The third-order valence-corrected chi connectivity index (χ3v) is 4.16. The molecule has 3 unspecified atom stereocenters. The molecule has 0 heterocycles. The fourth-order valence-electron chi connectivity index (χ4n) is 3.27. The lowest BCUT2D eigenvalue weighted by molar-refractivity contribution is -0.162. The molecule has 4 nitrogen and oxygen atoms in total. The lowest BCUT2D eigenvalue weighted by Gasteiger charge is -2.44. The quantitative estimate of drug-likeness (QED) is 0.731. The first-order valence-corrected chi connectivity index (χ1v) is 5.51. The fourth-order valence-corrected chi connectivity index (χ4v) is 3.27. The number of hydrogen-bond acceptors (Lipinski definition) is 2. The maximum atomic E-state index is 11.2. The van der Waals surface area contributed by atoms with Crippen LogP contribution in [0.5, 0.6) is 0 Å². The predicted molar refractivity (Wildman–Crippen MR) is 52.4 cm³/mol. The molecule has 0 aromatic carbocycles. The van der Waals surface area contributed by atoms with Crippen molar-refractivity contribution < 1.29 is 19.8 Å². The van der Waals surface area contributed by atoms with Crippen LogP contribution in [0.15, 0.2) is 0 Å². The van der Waals surface area contributed by atoms with Crippen LogP contribution in [0.4, 0.5) is 0 Å². The van der Waals surface area contributed by atoms with Crippen molar-refractivity contribution in [3.8, 4) is 0 Å². The van der Waals surface area contributed by atoms with E-state index in [-0.39, 0.29) is 11.8 Å². The van der Waals surface area contributed by atoms with Gasteiger partial charge in [0.15, 0.2) is 0 Å². The van der Waals surface area contributed by atoms with Gasteiger partial charge in [-0.15, -0.1) is 0 Å². The zero-order chi connectivity index (χ0) is 11.1. The lowest BCUT2D eigenvalue weighted by Crippen LogP contribution is -2.44. The standard InChI is InChI=1S/C11H16O4/c12-9(13)8-3-5-11(10(14)15)4-1-2-7(8)6-11/h7-8H,1-6H2,(H,12,13)(H,14,15). The molecule has 3 atom stereocenters. The summed E-state index contributed by atoms with van der Waals surface area (Å²) < 4.78 is 0. The summed E-state index contributed by atoms with van der Waals surface area (Å²) in [6.07, 6.45) is 4.11. The fraction of sp³-hybridized carbons (Fsp3) is 0.818. The summed E-state index contributed by atoms with van der Waals surface area (Å²) in [5.74, 6) is -1.70. The van der Waals surface area contributed by atoms with Crippen LogP contribution in [-0.4, -0.2) is 22.2 Å². The van der Waals surface area contributed by atoms with Gasteiger partial charge in [-0.25, -0.2) is 0 Å². The molecule has 0 aromatic heterocycles. The lowest BCUT2D eigenvalue weighted by atomic mass is 9.58. The first-order chi connectivity index (χ1) is 7.05. The van der Waals surface area contributed by atoms with Crippen LogP contribution in [-0.2, 0) is 9.59 Å². The Morgan fingerprint density at radius 1 is 1.13 bits per heavy atom. The SMILES string of the molecule is O=C(O)C1CCC2(C(=O)O)CCCC1C2. The van der Waals surface area contributed by atoms with Gasteiger partial charge in [-0.1, -0.05) is 6.42 Å². The molecule has 2 saturated carbocycles. The van der Waals surface area contributed by atoms with Crippen molar-refractivity contribution in [3.05, 3.63) is 0 Å². The van der Waals surface area contributed by atoms with E-state index in [4.69, 9.17) is 5.11 Å². The molecule has 0 radical (unpaired) electrons. The number of aliphatic carboxylic acids is 2. The van der Waals surface area contributed by atoms with Gasteiger partial charge in [0.2, 0.25) is 0 Å². The summed E-state index contributed by atoms with van der Waals surface area (Å²) >= 11 is 0. The third kappa shape index (κ3) is 1.62. The van der Waals surface area contributed by atoms with Gasteiger partial charge >= 0.3 is 11.9 Å². The van der Waals surface area contributed by atoms with Gasteiger partial charge in [0.25, 0.3) is 0 Å². The van der Waals surface area contributed by atoms with Crippen LogP contribution < -0.4 is 0 Å². The Balaban J connectivity index is 2.18. The molecule has 84 valence electrons. The Morgan fingerprint density at radius 2 is 1.87 bits per heavy atom. The summed E-state index contributed by atoms with van der Waals surface area (Å²) in [5, 5.41) is 18.2. The van der Waals surface area contributed by atoms with Crippen molar-refractivity contribution in [1.29, 1.82) is 0 Å². The van der Waals surface area contributed by atoms with Crippen LogP contribution >= 0.6 is 0 Å². The summed E-state index contributed by atoms with van der Waals surface area (Å²) in [5.41, 5.74) is -0.602. The zero-order valence-corrected chi connectivity index (χ0v) is 8.61. The highest BCUT2D eigenvalue weighted by Gasteiger charge is 2.49. The van der Waals surface area contributed by atoms with Gasteiger partial charge in [0, 0.05) is 0 Å². The van der Waals surface area contributed by atoms with E-state index in [0.717, 1.165) is 19.3 Å². The predicted octanol–water partition coefficient (Wildman–Crippen LogP) is 1.74. The molecule has 0 amide bonds. The molecule has 2 fully saturated rings. The number of carbonyl (C=O) groups is 2. The molecule has 2 rings (SSSR count). The van der Waals surface area contributed by atoms with Gasteiger partial charge in [-0.05, 0) is 38.0 Å². The average Bonchev–Trinajstić information content (AvgIpc) is 2.17. The minimum atomic E-state index is -0.749. The van der Waals surface area contributed by atoms with Crippen molar-refractivity contribution >= 4 is 11.9 Å². The number of fused-ring (bicyclic) bond motifs is 2. The van der Waals surface area contributed by atoms with Crippen LogP contribution in [0, 0.1) is 17.3 Å². The molecule has 15 heavy (non-hydrogen) atoms. The highest BCUT2D eigenvalue weighted by Crippen LogP contribution is 2.51. The first kappa shape index (κ1) is 10.5. The Morgan fingerprint density at radius 3 is 2.47 bits per heavy atom. The van der Waals surface area contributed by atoms with Gasteiger partial charge in [-0.3, -0.25) is 9.59 Å². The monoisotopic (exact) mass is 212 g/mol. The summed E-state index contributed by atoms with van der Waals surface area (Å²) in [6.45, 7) is 0. The smallest absolute Gasteiger partial charge is 0.309 e. The van der Waals surface area contributed by atoms with Crippen LogP contribution in [0.2, 0.25) is 0 Å². The van der Waals surface area contributed by atoms with Crippen LogP contribution in [0.1, 0.15) is 38.5 Å². The van der Waals surface area contributed by atoms with Crippen LogP contribution in [0.25, 0.3) is 0 Å². The van der Waals surface area contributed by atoms with E-state index in [9.17, 15) is 14.7 Å². The van der Waals surface area contributed by atoms with Crippen molar-refractivity contribution in [2.24, 2.45) is 17.3 Å². The highest BCUT2D eigenvalue weighted by atomic mass is 16.4. The number of carboxylic acid groups (broad SMARTS) is 2. The molecule has 2 aliphatic rings. The number of rotatable bonds is 2. The van der Waals surface area contributed by atoms with Gasteiger partial charge in [0.05, 0.1) is 11.3 Å². The summed E-state index contributed by atoms with van der Waals surface area (Å²) in [7, 11) is 0. The summed E-state index contributed by atoms with van der Waals surface area (Å²) in [6, 6.07) is 0. The first-order valence-electron chi connectivity index (χ1n) is 5.51. The Hall–Kier alpha value is -1.06. The van der Waals surface area contributed by atoms with E-state index in [0.29, 0.717) is 19.3 Å². The van der Waals surface area contributed by atoms with Gasteiger partial charge in [-0.2, -0.15) is 0 Å². The summed E-state index contributed by atoms with van der Waals surface area (Å²) in [4.78, 5) is 22.2. The minimum absolute atomic E-state index is 0.0844. The van der Waals surface area contributed by atoms with Crippen LogP contribution in [0.3, 0.4) is 0 Å². The van der Waals surface area contributed by atoms with Gasteiger partial charge in [0.1, 0.15) is 0 Å². The number of carboxylic acids is 2. The van der Waals surface area contributed by atoms with Crippen molar-refractivity contribution in [1.82, 2.24) is 0 Å². The largest absolute Gasteiger partial charge is 0.481 e. The van der Waals surface area contributed by atoms with Crippen molar-refractivity contribution in [2.75, 3.05) is 0 Å². The number of hydrogen-bond donors (Lipinski definition) is 2. The zero-order valence-electron chi connectivity index (χ0n) is 8.61. The third-order valence-electron chi connectivity index (χ3n) is 4.16. The molecule has 4 heteroatoms. The van der Waals surface area contributed by atoms with E-state index < -0.39 is 17.4 Å². The normalized spacial score (nSPS) is 39.7. The Bertz CT molecular complexity index is 299. The molecule has 0 saturated heterocycles. The second kappa shape index (κ2) is 3.51. The van der Waals surface area contributed by atoms with Crippen molar-refractivity contribution in [3.63, 3.8) is 0 Å². The Kier molecular flexibility index (Phi) is 2.44. The maximum Gasteiger partial charge on any atom is 0.309 e. The Labute approximate surface area is 88.3 Å². The van der Waals surface area contributed by atoms with Gasteiger partial charge < -0.3 is 10.2 Å². The molecule has 0 aromatic rings. The minimum Gasteiger partial charge on any atom is -0.481 e. The van der Waals surface area contributed by atoms with E-state index >= 15 is 0 Å². The topological polar surface area (TPSA) is 74.6 Å². The second-order valence-electron chi connectivity index (χ2n) is 4.93. The molecule has 2 bridgehead atoms. The molecule has 0 spiro atoms. The van der Waals surface area contributed by atoms with Crippen molar-refractivity contribution in [2.45, 2.75) is 38.5 Å². The molecular formula is C11H16O4. The molecule has 2 aliphatic carbocycles. The van der Waals surface area contributed by atoms with E-state index in [2.05, 4.69) is 0 Å². The van der Waals surface area contributed by atoms with E-state index in [1.54, 1.807) is 0 Å². The second-order valence-corrected chi connectivity index (χ2v) is 4.93.